The van der Waals surface area contributed by atoms with Gasteiger partial charge in [-0.05, 0) is 39.0 Å². The van der Waals surface area contributed by atoms with E-state index in [4.69, 9.17) is 0 Å². The highest BCUT2D eigenvalue weighted by Crippen LogP contribution is 2.36. The van der Waals surface area contributed by atoms with Gasteiger partial charge in [0.1, 0.15) is 5.75 Å². The number of hydrogen-bond acceptors (Lipinski definition) is 2. The lowest BCUT2D eigenvalue weighted by Crippen LogP contribution is -1.75. The molecule has 0 saturated heterocycles. The van der Waals surface area contributed by atoms with Crippen molar-refractivity contribution in [2.24, 2.45) is 0 Å². The highest BCUT2D eigenvalue weighted by Gasteiger charge is 2.07. The summed E-state index contributed by atoms with van der Waals surface area (Å²) in [4.78, 5) is 0. The van der Waals surface area contributed by atoms with Gasteiger partial charge in [0, 0.05) is 19.9 Å². The first-order valence-corrected chi connectivity index (χ1v) is 6.46. The van der Waals surface area contributed by atoms with Gasteiger partial charge in [0.25, 0.3) is 0 Å². The number of rotatable bonds is 1. The highest BCUT2D eigenvalue weighted by molar-refractivity contribution is 9.10. The summed E-state index contributed by atoms with van der Waals surface area (Å²) in [6.07, 6.45) is 0. The highest BCUT2D eigenvalue weighted by atomic mass is 79.9. The van der Waals surface area contributed by atoms with Crippen LogP contribution in [0.25, 0.3) is 10.1 Å². The number of benzene rings is 1. The van der Waals surface area contributed by atoms with Crippen LogP contribution in [0.1, 0.15) is 5.56 Å². The molecule has 1 nitrogen and oxygen atoms in total. The molecule has 1 aromatic carbocycles. The molecule has 0 fully saturated rings. The molecule has 1 heterocycles. The number of phenolic OH excluding ortho intramolecular Hbond substituents is 1. The van der Waals surface area contributed by atoms with Crippen LogP contribution < -0.4 is 0 Å². The first-order chi connectivity index (χ1) is 6.22. The van der Waals surface area contributed by atoms with Crippen molar-refractivity contribution >= 4 is 53.3 Å². The number of halogens is 2. The number of thiophene rings is 1. The third-order valence-electron chi connectivity index (χ3n) is 1.83. The van der Waals surface area contributed by atoms with Gasteiger partial charge in [-0.25, -0.2) is 0 Å². The fourth-order valence-corrected chi connectivity index (χ4v) is 3.77. The van der Waals surface area contributed by atoms with Crippen LogP contribution in [0.5, 0.6) is 5.75 Å². The maximum Gasteiger partial charge on any atom is 0.118 e. The van der Waals surface area contributed by atoms with Crippen LogP contribution in [0.3, 0.4) is 0 Å². The molecule has 0 aliphatic rings. The third kappa shape index (κ3) is 1.63. The largest absolute Gasteiger partial charge is 0.508 e. The van der Waals surface area contributed by atoms with Crippen molar-refractivity contribution in [3.8, 4) is 5.75 Å². The summed E-state index contributed by atoms with van der Waals surface area (Å²) in [6.45, 7) is 0. The van der Waals surface area contributed by atoms with E-state index in [-0.39, 0.29) is 0 Å². The van der Waals surface area contributed by atoms with Crippen LogP contribution >= 0.6 is 43.2 Å². The molecular formula is C9H6Br2OS. The molecule has 0 spiro atoms. The van der Waals surface area contributed by atoms with Crippen molar-refractivity contribution in [2.45, 2.75) is 5.33 Å². The number of fused-ring (bicyclic) bond motifs is 1. The maximum absolute atomic E-state index is 9.36. The Labute approximate surface area is 96.6 Å². The van der Waals surface area contributed by atoms with Crippen LogP contribution in [-0.4, -0.2) is 5.11 Å². The first-order valence-electron chi connectivity index (χ1n) is 3.67. The fourth-order valence-electron chi connectivity index (χ4n) is 1.26. The second-order valence-corrected chi connectivity index (χ2v) is 5.02. The molecule has 0 saturated carbocycles. The second kappa shape index (κ2) is 3.59. The molecule has 2 aromatic rings. The van der Waals surface area contributed by atoms with Crippen LogP contribution in [0, 0.1) is 0 Å². The number of hydrogen-bond donors (Lipinski definition) is 1. The van der Waals surface area contributed by atoms with E-state index >= 15 is 0 Å². The molecule has 68 valence electrons. The van der Waals surface area contributed by atoms with Gasteiger partial charge >= 0.3 is 0 Å². The Balaban J connectivity index is 2.82. The van der Waals surface area contributed by atoms with E-state index in [1.54, 1.807) is 23.5 Å². The number of aromatic hydroxyl groups is 1. The molecule has 13 heavy (non-hydrogen) atoms. The number of alkyl halides is 1. The lowest BCUT2D eigenvalue weighted by Gasteiger charge is -1.98. The van der Waals surface area contributed by atoms with E-state index in [2.05, 4.69) is 37.2 Å². The minimum Gasteiger partial charge on any atom is -0.508 e. The molecule has 1 aromatic heterocycles. The lowest BCUT2D eigenvalue weighted by atomic mass is 10.2. The molecule has 0 unspecified atom stereocenters. The van der Waals surface area contributed by atoms with Gasteiger partial charge in [-0.3, -0.25) is 0 Å². The Morgan fingerprint density at radius 3 is 2.85 bits per heavy atom. The van der Waals surface area contributed by atoms with Gasteiger partial charge in [-0.15, -0.1) is 11.3 Å². The lowest BCUT2D eigenvalue weighted by molar-refractivity contribution is 0.476. The zero-order valence-corrected chi connectivity index (χ0v) is 10.5. The molecule has 4 heteroatoms. The summed E-state index contributed by atoms with van der Waals surface area (Å²) >= 11 is 8.52. The van der Waals surface area contributed by atoms with Gasteiger partial charge in [0.15, 0.2) is 0 Å². The van der Waals surface area contributed by atoms with Gasteiger partial charge in [0.05, 0.1) is 0 Å². The summed E-state index contributed by atoms with van der Waals surface area (Å²) in [6, 6.07) is 3.51. The Hall–Kier alpha value is -0.0600. The van der Waals surface area contributed by atoms with Gasteiger partial charge < -0.3 is 5.11 Å². The molecule has 0 aliphatic heterocycles. The molecule has 0 aliphatic carbocycles. The van der Waals surface area contributed by atoms with Crippen molar-refractivity contribution in [1.82, 2.24) is 0 Å². The Bertz CT molecular complexity index is 450. The van der Waals surface area contributed by atoms with Gasteiger partial charge in [-0.1, -0.05) is 15.9 Å². The van der Waals surface area contributed by atoms with Crippen LogP contribution in [0.2, 0.25) is 0 Å². The van der Waals surface area contributed by atoms with E-state index in [0.717, 1.165) is 14.5 Å². The Morgan fingerprint density at radius 1 is 1.38 bits per heavy atom. The minimum atomic E-state index is 0.308. The van der Waals surface area contributed by atoms with Gasteiger partial charge in [0.2, 0.25) is 0 Å². The van der Waals surface area contributed by atoms with Crippen LogP contribution in [-0.2, 0) is 5.33 Å². The van der Waals surface area contributed by atoms with Crippen molar-refractivity contribution in [2.75, 3.05) is 0 Å². The van der Waals surface area contributed by atoms with Crippen molar-refractivity contribution in [1.29, 1.82) is 0 Å². The zero-order chi connectivity index (χ0) is 9.42. The average molecular weight is 322 g/mol. The van der Waals surface area contributed by atoms with E-state index in [1.165, 1.54) is 10.9 Å². The third-order valence-corrected chi connectivity index (χ3v) is 4.04. The molecule has 0 bridgehead atoms. The average Bonchev–Trinajstić information content (AvgIpc) is 2.47. The minimum absolute atomic E-state index is 0.308. The normalized spacial score (nSPS) is 10.9. The number of phenols is 1. The van der Waals surface area contributed by atoms with E-state index in [9.17, 15) is 5.11 Å². The zero-order valence-electron chi connectivity index (χ0n) is 6.55. The van der Waals surface area contributed by atoms with E-state index < -0.39 is 0 Å². The second-order valence-electron chi connectivity index (χ2n) is 2.70. The van der Waals surface area contributed by atoms with Crippen LogP contribution in [0.4, 0.5) is 0 Å². The summed E-state index contributed by atoms with van der Waals surface area (Å²) in [5.41, 5.74) is 1.26. The molecule has 0 atom stereocenters. The summed E-state index contributed by atoms with van der Waals surface area (Å²) in [5, 5.41) is 13.5. The SMILES string of the molecule is Oc1cc(Br)c2c(CBr)csc2c1. The van der Waals surface area contributed by atoms with Crippen molar-refractivity contribution < 1.29 is 5.11 Å². The summed E-state index contributed by atoms with van der Waals surface area (Å²) in [5.74, 6) is 0.308. The first kappa shape index (κ1) is 9.49. The van der Waals surface area contributed by atoms with Crippen LogP contribution in [0.15, 0.2) is 22.0 Å². The monoisotopic (exact) mass is 320 g/mol. The van der Waals surface area contributed by atoms with Gasteiger partial charge in [-0.2, -0.15) is 0 Å². The molecular weight excluding hydrogens is 316 g/mol. The molecule has 0 radical (unpaired) electrons. The summed E-state index contributed by atoms with van der Waals surface area (Å²) in [7, 11) is 0. The fraction of sp³-hybridized carbons (Fsp3) is 0.111. The molecule has 1 N–H and O–H groups in total. The summed E-state index contributed by atoms with van der Waals surface area (Å²) < 4.78 is 2.07. The molecule has 2 rings (SSSR count). The van der Waals surface area contributed by atoms with E-state index in [1.807, 2.05) is 0 Å². The topological polar surface area (TPSA) is 20.2 Å². The Kier molecular flexibility index (Phi) is 2.62. The molecule has 0 amide bonds. The standard InChI is InChI=1S/C9H6Br2OS/c10-3-5-4-13-8-2-6(12)1-7(11)9(5)8/h1-2,4,12H,3H2. The van der Waals surface area contributed by atoms with Crippen molar-refractivity contribution in [3.05, 3.63) is 27.5 Å². The van der Waals surface area contributed by atoms with E-state index in [0.29, 0.717) is 5.75 Å². The smallest absolute Gasteiger partial charge is 0.118 e. The Morgan fingerprint density at radius 2 is 2.15 bits per heavy atom. The predicted octanol–water partition coefficient (Wildman–Crippen LogP) is 4.26. The quantitative estimate of drug-likeness (QED) is 0.778. The van der Waals surface area contributed by atoms with Crippen molar-refractivity contribution in [3.63, 3.8) is 0 Å². The predicted molar refractivity (Wildman–Crippen MR) is 63.8 cm³/mol. The maximum atomic E-state index is 9.36.